The summed E-state index contributed by atoms with van der Waals surface area (Å²) in [5.74, 6) is -0.519. The van der Waals surface area contributed by atoms with Gasteiger partial charge in [-0.2, -0.15) is 0 Å². The van der Waals surface area contributed by atoms with Gasteiger partial charge in [0.05, 0.1) is 16.7 Å². The molecular formula is C23H17FN2O5. The van der Waals surface area contributed by atoms with E-state index in [4.69, 9.17) is 14.6 Å². The molecule has 2 aliphatic rings. The third kappa shape index (κ3) is 3.46. The van der Waals surface area contributed by atoms with Gasteiger partial charge in [0, 0.05) is 5.56 Å². The second-order valence-electron chi connectivity index (χ2n) is 7.55. The maximum absolute atomic E-state index is 13.9. The number of hydrogen-bond acceptors (Lipinski definition) is 5. The first kappa shape index (κ1) is 19.0. The van der Waals surface area contributed by atoms with Gasteiger partial charge in [0.1, 0.15) is 11.6 Å². The maximum Gasteiger partial charge on any atom is 0.335 e. The molecule has 7 nitrogen and oxygen atoms in total. The number of anilines is 1. The van der Waals surface area contributed by atoms with Crippen LogP contribution < -0.4 is 14.8 Å². The van der Waals surface area contributed by atoms with Crippen molar-refractivity contribution in [2.24, 2.45) is 0 Å². The van der Waals surface area contributed by atoms with Crippen molar-refractivity contribution < 1.29 is 28.6 Å². The van der Waals surface area contributed by atoms with E-state index in [0.717, 1.165) is 11.6 Å². The fourth-order valence-electron chi connectivity index (χ4n) is 3.73. The number of carbonyl (C=O) groups excluding carboxylic acids is 1. The summed E-state index contributed by atoms with van der Waals surface area (Å²) in [6.07, 6.45) is 1.40. The van der Waals surface area contributed by atoms with Crippen LogP contribution in [0.4, 0.5) is 10.2 Å². The molecule has 3 aromatic rings. The molecule has 0 unspecified atom stereocenters. The zero-order valence-corrected chi connectivity index (χ0v) is 16.2. The van der Waals surface area contributed by atoms with Gasteiger partial charge in [-0.15, -0.1) is 0 Å². The van der Waals surface area contributed by atoms with Crippen molar-refractivity contribution in [1.29, 1.82) is 0 Å². The summed E-state index contributed by atoms with van der Waals surface area (Å²) in [4.78, 5) is 28.7. The van der Waals surface area contributed by atoms with Gasteiger partial charge < -0.3 is 19.9 Å². The first-order chi connectivity index (χ1) is 14.9. The van der Waals surface area contributed by atoms with Crippen molar-refractivity contribution in [3.63, 3.8) is 0 Å². The van der Waals surface area contributed by atoms with E-state index in [0.29, 0.717) is 41.4 Å². The molecule has 1 saturated carbocycles. The molecule has 1 aromatic heterocycles. The standard InChI is InChI=1S/C23H17FN2O5/c24-16-9-13(8-14(10-16)21(27)28)17-2-1-3-20(25-17)26-22(29)23(6-7-23)15-4-5-18-19(11-15)31-12-30-18/h1-5,8-11H,6-7,12H2,(H,27,28)(H,25,26,29). The number of fused-ring (bicyclic) bond motifs is 1. The highest BCUT2D eigenvalue weighted by atomic mass is 19.1. The van der Waals surface area contributed by atoms with Crippen molar-refractivity contribution >= 4 is 17.7 Å². The number of hydrogen-bond donors (Lipinski definition) is 2. The predicted molar refractivity (Wildman–Crippen MR) is 109 cm³/mol. The van der Waals surface area contributed by atoms with E-state index in [9.17, 15) is 14.0 Å². The maximum atomic E-state index is 13.9. The van der Waals surface area contributed by atoms with Gasteiger partial charge in [-0.1, -0.05) is 12.1 Å². The number of carbonyl (C=O) groups is 2. The number of nitrogens with one attached hydrogen (secondary N) is 1. The van der Waals surface area contributed by atoms with E-state index in [1.165, 1.54) is 12.1 Å². The lowest BCUT2D eigenvalue weighted by Crippen LogP contribution is -2.28. The number of aromatic carboxylic acids is 1. The molecule has 2 aromatic carbocycles. The topological polar surface area (TPSA) is 97.8 Å². The predicted octanol–water partition coefficient (Wildman–Crippen LogP) is 3.98. The van der Waals surface area contributed by atoms with Gasteiger partial charge in [0.25, 0.3) is 0 Å². The van der Waals surface area contributed by atoms with Crippen molar-refractivity contribution in [3.05, 3.63) is 71.5 Å². The largest absolute Gasteiger partial charge is 0.478 e. The Labute approximate surface area is 176 Å². The van der Waals surface area contributed by atoms with Crippen molar-refractivity contribution in [2.75, 3.05) is 12.1 Å². The molecule has 2 heterocycles. The van der Waals surface area contributed by atoms with Crippen LogP contribution in [0, 0.1) is 5.82 Å². The molecule has 0 spiro atoms. The third-order valence-corrected chi connectivity index (χ3v) is 5.54. The Morgan fingerprint density at radius 2 is 1.84 bits per heavy atom. The van der Waals surface area contributed by atoms with Gasteiger partial charge in [0.15, 0.2) is 11.5 Å². The number of rotatable bonds is 5. The molecular weight excluding hydrogens is 403 g/mol. The number of nitrogens with zero attached hydrogens (tertiary/aromatic N) is 1. The van der Waals surface area contributed by atoms with E-state index in [1.54, 1.807) is 24.3 Å². The lowest BCUT2D eigenvalue weighted by Gasteiger charge is -2.16. The summed E-state index contributed by atoms with van der Waals surface area (Å²) in [5.41, 5.74) is 0.680. The SMILES string of the molecule is O=C(O)c1cc(F)cc(-c2cccc(NC(=O)C3(c4ccc5c(c4)OCO5)CC3)n2)c1. The number of halogens is 1. The molecule has 8 heteroatoms. The zero-order valence-electron chi connectivity index (χ0n) is 16.2. The molecule has 0 bridgehead atoms. The zero-order chi connectivity index (χ0) is 21.6. The fourth-order valence-corrected chi connectivity index (χ4v) is 3.73. The van der Waals surface area contributed by atoms with Crippen LogP contribution >= 0.6 is 0 Å². The van der Waals surface area contributed by atoms with Gasteiger partial charge in [-0.05, 0) is 60.9 Å². The second-order valence-corrected chi connectivity index (χ2v) is 7.55. The minimum Gasteiger partial charge on any atom is -0.478 e. The van der Waals surface area contributed by atoms with E-state index < -0.39 is 17.2 Å². The highest BCUT2D eigenvalue weighted by molar-refractivity contribution is 6.01. The number of aromatic nitrogens is 1. The van der Waals surface area contributed by atoms with Crippen molar-refractivity contribution in [3.8, 4) is 22.8 Å². The van der Waals surface area contributed by atoms with E-state index >= 15 is 0 Å². The highest BCUT2D eigenvalue weighted by Crippen LogP contribution is 2.51. The summed E-state index contributed by atoms with van der Waals surface area (Å²) in [5, 5.41) is 12.0. The van der Waals surface area contributed by atoms with Gasteiger partial charge in [-0.3, -0.25) is 4.79 Å². The summed E-state index contributed by atoms with van der Waals surface area (Å²) < 4.78 is 24.6. The Hall–Kier alpha value is -3.94. The molecule has 0 atom stereocenters. The minimum atomic E-state index is -1.23. The van der Waals surface area contributed by atoms with E-state index in [1.807, 2.05) is 12.1 Å². The first-order valence-electron chi connectivity index (χ1n) is 9.67. The first-order valence-corrected chi connectivity index (χ1v) is 9.67. The van der Waals surface area contributed by atoms with Crippen LogP contribution in [0.3, 0.4) is 0 Å². The molecule has 31 heavy (non-hydrogen) atoms. The van der Waals surface area contributed by atoms with Crippen molar-refractivity contribution in [2.45, 2.75) is 18.3 Å². The van der Waals surface area contributed by atoms with E-state index in [-0.39, 0.29) is 18.3 Å². The Morgan fingerprint density at radius 1 is 1.03 bits per heavy atom. The van der Waals surface area contributed by atoms with Gasteiger partial charge in [0.2, 0.25) is 12.7 Å². The summed E-state index contributed by atoms with van der Waals surface area (Å²) in [6, 6.07) is 13.9. The molecule has 156 valence electrons. The highest BCUT2D eigenvalue weighted by Gasteiger charge is 2.51. The molecule has 0 saturated heterocycles. The monoisotopic (exact) mass is 420 g/mol. The third-order valence-electron chi connectivity index (χ3n) is 5.54. The smallest absolute Gasteiger partial charge is 0.335 e. The quantitative estimate of drug-likeness (QED) is 0.648. The van der Waals surface area contributed by atoms with Crippen LogP contribution in [0.2, 0.25) is 0 Å². The number of pyridine rings is 1. The number of benzene rings is 2. The van der Waals surface area contributed by atoms with Crippen LogP contribution in [0.25, 0.3) is 11.3 Å². The molecule has 5 rings (SSSR count). The second kappa shape index (κ2) is 7.09. The number of amides is 1. The summed E-state index contributed by atoms with van der Waals surface area (Å²) in [6.45, 7) is 0.165. The van der Waals surface area contributed by atoms with Gasteiger partial charge >= 0.3 is 5.97 Å². The van der Waals surface area contributed by atoms with Crippen LogP contribution in [0.1, 0.15) is 28.8 Å². The van der Waals surface area contributed by atoms with Crippen LogP contribution in [-0.2, 0) is 10.2 Å². The minimum absolute atomic E-state index is 0.165. The van der Waals surface area contributed by atoms with Gasteiger partial charge in [-0.25, -0.2) is 14.2 Å². The Bertz CT molecular complexity index is 1220. The number of carboxylic acids is 1. The Morgan fingerprint density at radius 3 is 2.61 bits per heavy atom. The Kier molecular flexibility index (Phi) is 4.35. The normalized spacial score (nSPS) is 15.4. The van der Waals surface area contributed by atoms with Crippen molar-refractivity contribution in [1.82, 2.24) is 4.98 Å². The summed E-state index contributed by atoms with van der Waals surface area (Å²) in [7, 11) is 0. The summed E-state index contributed by atoms with van der Waals surface area (Å²) >= 11 is 0. The molecule has 0 radical (unpaired) electrons. The van der Waals surface area contributed by atoms with Crippen LogP contribution in [0.5, 0.6) is 11.5 Å². The average molecular weight is 420 g/mol. The molecule has 1 fully saturated rings. The lowest BCUT2D eigenvalue weighted by molar-refractivity contribution is -0.118. The Balaban J connectivity index is 1.40. The molecule has 1 aliphatic heterocycles. The lowest BCUT2D eigenvalue weighted by atomic mass is 9.94. The number of carboxylic acid groups (broad SMARTS) is 1. The molecule has 1 aliphatic carbocycles. The molecule has 2 N–H and O–H groups in total. The van der Waals surface area contributed by atoms with E-state index in [2.05, 4.69) is 10.3 Å². The van der Waals surface area contributed by atoms with Crippen LogP contribution in [-0.4, -0.2) is 28.8 Å². The molecule has 1 amide bonds. The van der Waals surface area contributed by atoms with Crippen LogP contribution in [0.15, 0.2) is 54.6 Å². The fraction of sp³-hybridized carbons (Fsp3) is 0.174. The number of ether oxygens (including phenoxy) is 2. The average Bonchev–Trinajstić information content (AvgIpc) is 3.44.